The molecule has 0 radical (unpaired) electrons. The quantitative estimate of drug-likeness (QED) is 0.871. The van der Waals surface area contributed by atoms with Gasteiger partial charge in [0.1, 0.15) is 5.84 Å². The van der Waals surface area contributed by atoms with Crippen molar-refractivity contribution >= 4 is 11.5 Å². The molecule has 0 aromatic heterocycles. The smallest absolute Gasteiger partial charge is 0.184 e. The molecule has 0 unspecified atom stereocenters. The fourth-order valence-corrected chi connectivity index (χ4v) is 5.96. The molecule has 5 heteroatoms. The van der Waals surface area contributed by atoms with Gasteiger partial charge in [0.25, 0.3) is 0 Å². The molecule has 0 bridgehead atoms. The summed E-state index contributed by atoms with van der Waals surface area (Å²) in [6, 6.07) is 8.26. The summed E-state index contributed by atoms with van der Waals surface area (Å²) in [7, 11) is 1.83. The molecule has 0 amide bonds. The van der Waals surface area contributed by atoms with Crippen LogP contribution in [0.5, 0.6) is 0 Å². The maximum absolute atomic E-state index is 9.43. The highest BCUT2D eigenvalue weighted by atomic mass is 16.5. The summed E-state index contributed by atoms with van der Waals surface area (Å²) in [6.07, 6.45) is 4.27. The Hall–Kier alpha value is -2.19. The minimum Gasteiger partial charge on any atom is -0.382 e. The lowest BCUT2D eigenvalue weighted by atomic mass is 9.58. The van der Waals surface area contributed by atoms with Crippen molar-refractivity contribution in [2.45, 2.75) is 58.2 Å². The summed E-state index contributed by atoms with van der Waals surface area (Å²) in [4.78, 5) is 10.1. The van der Waals surface area contributed by atoms with Crippen molar-refractivity contribution in [1.82, 2.24) is 0 Å². The third kappa shape index (κ3) is 2.39. The molecule has 142 valence electrons. The van der Waals surface area contributed by atoms with Gasteiger partial charge in [-0.3, -0.25) is 4.99 Å². The first kappa shape index (κ1) is 18.2. The highest BCUT2D eigenvalue weighted by Gasteiger charge is 2.63. The van der Waals surface area contributed by atoms with Crippen LogP contribution >= 0.6 is 0 Å². The van der Waals surface area contributed by atoms with Crippen LogP contribution in [0.4, 0.5) is 0 Å². The number of nitriles is 1. The molecule has 3 aliphatic rings. The molecule has 2 spiro atoms. The molecule has 1 saturated carbocycles. The SMILES string of the molecule is CC[C@@H]1C[C@@]2(Cc3ccc(C#N)cc3[C@@]23N=C(C)C(N)=N3)C[C@H](C)[C@H]1OC. The lowest BCUT2D eigenvalue weighted by Crippen LogP contribution is -2.50. The van der Waals surface area contributed by atoms with Crippen LogP contribution in [0.1, 0.15) is 56.7 Å². The van der Waals surface area contributed by atoms with Gasteiger partial charge in [0.15, 0.2) is 5.66 Å². The number of hydrogen-bond donors (Lipinski definition) is 1. The van der Waals surface area contributed by atoms with Crippen LogP contribution in [0.2, 0.25) is 0 Å². The van der Waals surface area contributed by atoms with E-state index in [9.17, 15) is 5.26 Å². The molecule has 0 saturated heterocycles. The van der Waals surface area contributed by atoms with Crippen LogP contribution in [0, 0.1) is 28.6 Å². The van der Waals surface area contributed by atoms with Crippen LogP contribution in [0.3, 0.4) is 0 Å². The Bertz CT molecular complexity index is 863. The van der Waals surface area contributed by atoms with Gasteiger partial charge in [-0.15, -0.1) is 0 Å². The number of aliphatic imine (C=N–C) groups is 2. The molecule has 5 atom stereocenters. The Morgan fingerprint density at radius 1 is 1.33 bits per heavy atom. The van der Waals surface area contributed by atoms with Crippen molar-refractivity contribution in [3.63, 3.8) is 0 Å². The largest absolute Gasteiger partial charge is 0.382 e. The molecule has 1 heterocycles. The van der Waals surface area contributed by atoms with E-state index in [1.165, 1.54) is 5.56 Å². The normalized spacial score (nSPS) is 37.2. The summed E-state index contributed by atoms with van der Waals surface area (Å²) >= 11 is 0. The van der Waals surface area contributed by atoms with Gasteiger partial charge in [0.2, 0.25) is 0 Å². The molecule has 4 rings (SSSR count). The van der Waals surface area contributed by atoms with Crippen LogP contribution in [0.15, 0.2) is 28.2 Å². The molecule has 1 aromatic rings. The van der Waals surface area contributed by atoms with Gasteiger partial charge in [-0.25, -0.2) is 4.99 Å². The molecule has 1 aromatic carbocycles. The predicted molar refractivity (Wildman–Crippen MR) is 107 cm³/mol. The number of hydrogen-bond acceptors (Lipinski definition) is 5. The lowest BCUT2D eigenvalue weighted by molar-refractivity contribution is -0.0796. The van der Waals surface area contributed by atoms with E-state index in [1.54, 1.807) is 0 Å². The maximum atomic E-state index is 9.43. The second kappa shape index (κ2) is 6.17. The van der Waals surface area contributed by atoms with Gasteiger partial charge < -0.3 is 10.5 Å². The zero-order valence-electron chi connectivity index (χ0n) is 16.6. The van der Waals surface area contributed by atoms with E-state index in [-0.39, 0.29) is 11.5 Å². The van der Waals surface area contributed by atoms with Crippen molar-refractivity contribution < 1.29 is 4.74 Å². The Balaban J connectivity index is 1.91. The topological polar surface area (TPSA) is 83.8 Å². The minimum atomic E-state index is -0.691. The first-order chi connectivity index (χ1) is 12.9. The first-order valence-electron chi connectivity index (χ1n) is 9.88. The Kier molecular flexibility index (Phi) is 4.16. The van der Waals surface area contributed by atoms with E-state index >= 15 is 0 Å². The van der Waals surface area contributed by atoms with E-state index < -0.39 is 5.66 Å². The van der Waals surface area contributed by atoms with Crippen LogP contribution in [-0.4, -0.2) is 24.8 Å². The number of methoxy groups -OCH3 is 1. The number of nitrogens with zero attached hydrogens (tertiary/aromatic N) is 3. The average Bonchev–Trinajstić information content (AvgIpc) is 3.09. The van der Waals surface area contributed by atoms with E-state index in [0.29, 0.717) is 23.2 Å². The molecular weight excluding hydrogens is 336 g/mol. The van der Waals surface area contributed by atoms with Gasteiger partial charge in [-0.1, -0.05) is 26.3 Å². The van der Waals surface area contributed by atoms with E-state index in [2.05, 4.69) is 26.0 Å². The van der Waals surface area contributed by atoms with E-state index in [1.807, 2.05) is 26.2 Å². The van der Waals surface area contributed by atoms with Crippen molar-refractivity contribution in [3.8, 4) is 6.07 Å². The summed E-state index contributed by atoms with van der Waals surface area (Å²) < 4.78 is 5.88. The van der Waals surface area contributed by atoms with Gasteiger partial charge in [0, 0.05) is 18.1 Å². The van der Waals surface area contributed by atoms with Crippen molar-refractivity contribution in [2.75, 3.05) is 7.11 Å². The zero-order chi connectivity index (χ0) is 19.4. The van der Waals surface area contributed by atoms with Gasteiger partial charge in [-0.2, -0.15) is 5.26 Å². The zero-order valence-corrected chi connectivity index (χ0v) is 16.6. The minimum absolute atomic E-state index is 0.110. The number of benzene rings is 1. The highest BCUT2D eigenvalue weighted by Crippen LogP contribution is 2.63. The second-order valence-electron chi connectivity index (χ2n) is 8.56. The number of amidine groups is 1. The standard InChI is InChI=1S/C22H28N4O/c1-5-16-10-21(9-13(2)19(16)27-4)11-17-7-6-15(12-23)8-18(17)22(21)25-14(3)20(24)26-22/h6-8,13,16,19H,5,9-11H2,1-4H3,(H2,24,26)/t13-,16+,19+,21+,22-/m0/s1. The third-order valence-electron chi connectivity index (χ3n) is 7.05. The summed E-state index contributed by atoms with van der Waals surface area (Å²) in [5, 5.41) is 9.43. The predicted octanol–water partition coefficient (Wildman–Crippen LogP) is 3.56. The van der Waals surface area contributed by atoms with Crippen LogP contribution in [0.25, 0.3) is 0 Å². The Labute approximate surface area is 161 Å². The number of nitrogens with two attached hydrogens (primary N) is 1. The number of fused-ring (bicyclic) bond motifs is 3. The van der Waals surface area contributed by atoms with E-state index in [4.69, 9.17) is 20.5 Å². The molecule has 1 aliphatic heterocycles. The first-order valence-corrected chi connectivity index (χ1v) is 9.88. The summed E-state index contributed by atoms with van der Waals surface area (Å²) in [5.41, 5.74) is 9.22. The number of ether oxygens (including phenoxy) is 1. The monoisotopic (exact) mass is 364 g/mol. The molecular formula is C22H28N4O. The highest BCUT2D eigenvalue weighted by molar-refractivity contribution is 6.41. The van der Waals surface area contributed by atoms with Gasteiger partial charge >= 0.3 is 0 Å². The molecule has 2 N–H and O–H groups in total. The summed E-state index contributed by atoms with van der Waals surface area (Å²) in [5.74, 6) is 1.41. The summed E-state index contributed by atoms with van der Waals surface area (Å²) in [6.45, 7) is 6.47. The van der Waals surface area contributed by atoms with Gasteiger partial charge in [-0.05, 0) is 55.7 Å². The fraction of sp³-hybridized carbons (Fsp3) is 0.591. The van der Waals surface area contributed by atoms with Crippen LogP contribution < -0.4 is 5.73 Å². The van der Waals surface area contributed by atoms with E-state index in [0.717, 1.165) is 37.0 Å². The average molecular weight is 364 g/mol. The van der Waals surface area contributed by atoms with Crippen molar-refractivity contribution in [1.29, 1.82) is 5.26 Å². The Morgan fingerprint density at radius 2 is 2.11 bits per heavy atom. The molecule has 27 heavy (non-hydrogen) atoms. The molecule has 2 aliphatic carbocycles. The number of rotatable bonds is 2. The van der Waals surface area contributed by atoms with Crippen LogP contribution in [-0.2, 0) is 16.8 Å². The second-order valence-corrected chi connectivity index (χ2v) is 8.56. The Morgan fingerprint density at radius 3 is 2.70 bits per heavy atom. The lowest BCUT2D eigenvalue weighted by Gasteiger charge is -2.50. The molecule has 1 fully saturated rings. The van der Waals surface area contributed by atoms with Crippen molar-refractivity contribution in [3.05, 3.63) is 34.9 Å². The van der Waals surface area contributed by atoms with Gasteiger partial charge in [0.05, 0.1) is 23.4 Å². The fourth-order valence-electron chi connectivity index (χ4n) is 5.96. The van der Waals surface area contributed by atoms with Crippen molar-refractivity contribution in [2.24, 2.45) is 33.0 Å². The molecule has 5 nitrogen and oxygen atoms in total. The maximum Gasteiger partial charge on any atom is 0.184 e. The third-order valence-corrected chi connectivity index (χ3v) is 7.05.